The molecule has 1 saturated heterocycles. The summed E-state index contributed by atoms with van der Waals surface area (Å²) in [5.74, 6) is 0.596. The van der Waals surface area contributed by atoms with Crippen LogP contribution >= 0.6 is 46.1 Å². The molecule has 0 unspecified atom stereocenters. The number of ether oxygens (including phenoxy) is 1. The van der Waals surface area contributed by atoms with E-state index in [0.29, 0.717) is 22.3 Å². The summed E-state index contributed by atoms with van der Waals surface area (Å²) in [5.41, 5.74) is 0.978. The quantitative estimate of drug-likeness (QED) is 0.557. The highest BCUT2D eigenvalue weighted by atomic mass is 35.5. The van der Waals surface area contributed by atoms with Crippen LogP contribution in [0, 0.1) is 0 Å². The van der Waals surface area contributed by atoms with E-state index in [9.17, 15) is 5.11 Å². The van der Waals surface area contributed by atoms with Crippen molar-refractivity contribution in [3.05, 3.63) is 51.5 Å². The number of benzene rings is 2. The fourth-order valence-corrected chi connectivity index (χ4v) is 4.83. The molecule has 0 amide bonds. The lowest BCUT2D eigenvalue weighted by molar-refractivity contribution is 0.0663. The van der Waals surface area contributed by atoms with E-state index in [2.05, 4.69) is 9.80 Å². The van der Waals surface area contributed by atoms with Gasteiger partial charge in [0.1, 0.15) is 18.5 Å². The first kappa shape index (κ1) is 21.0. The lowest BCUT2D eigenvalue weighted by atomic mass is 10.2. The van der Waals surface area contributed by atoms with Gasteiger partial charge in [0.05, 0.1) is 20.3 Å². The molecule has 5 nitrogen and oxygen atoms in total. The Bertz CT molecular complexity index is 992. The van der Waals surface area contributed by atoms with Gasteiger partial charge >= 0.3 is 0 Å². The van der Waals surface area contributed by atoms with Crippen molar-refractivity contribution in [1.29, 1.82) is 0 Å². The number of nitrogens with zero attached hydrogens (tertiary/aromatic N) is 3. The van der Waals surface area contributed by atoms with Crippen LogP contribution in [-0.4, -0.2) is 60.4 Å². The van der Waals surface area contributed by atoms with Crippen molar-refractivity contribution < 1.29 is 9.84 Å². The van der Waals surface area contributed by atoms with Crippen LogP contribution in [0.3, 0.4) is 0 Å². The van der Waals surface area contributed by atoms with Crippen molar-refractivity contribution in [3.63, 3.8) is 0 Å². The Morgan fingerprint density at radius 2 is 1.83 bits per heavy atom. The lowest BCUT2D eigenvalue weighted by Crippen LogP contribution is -2.49. The maximum Gasteiger partial charge on any atom is 0.186 e. The van der Waals surface area contributed by atoms with Gasteiger partial charge in [-0.1, -0.05) is 46.1 Å². The molecular weight excluding hydrogens is 453 g/mol. The Morgan fingerprint density at radius 1 is 1.03 bits per heavy atom. The molecule has 0 radical (unpaired) electrons. The Balaban J connectivity index is 1.26. The molecular formula is C20H20Cl3N3O2S. The van der Waals surface area contributed by atoms with Gasteiger partial charge in [-0.3, -0.25) is 4.90 Å². The third kappa shape index (κ3) is 5.26. The van der Waals surface area contributed by atoms with E-state index >= 15 is 0 Å². The first-order valence-electron chi connectivity index (χ1n) is 9.27. The Kier molecular flexibility index (Phi) is 6.69. The number of aliphatic hydroxyl groups is 1. The SMILES string of the molecule is O[C@H](COc1ccc(Cl)c(Cl)c1)CN1CCN(c2nc3ccc(Cl)cc3s2)CC1. The van der Waals surface area contributed by atoms with Crippen LogP contribution in [0.25, 0.3) is 10.2 Å². The Hall–Kier alpha value is -1.28. The monoisotopic (exact) mass is 471 g/mol. The minimum Gasteiger partial charge on any atom is -0.491 e. The van der Waals surface area contributed by atoms with E-state index in [1.807, 2.05) is 18.2 Å². The summed E-state index contributed by atoms with van der Waals surface area (Å²) in [5, 5.41) is 13.0. The number of β-amino-alcohol motifs (C(OH)–C–C–N with tert-alkyl or cyclic N) is 1. The summed E-state index contributed by atoms with van der Waals surface area (Å²) in [6, 6.07) is 10.9. The summed E-state index contributed by atoms with van der Waals surface area (Å²) in [4.78, 5) is 9.24. The van der Waals surface area contributed by atoms with Gasteiger partial charge in [-0.05, 0) is 30.3 Å². The van der Waals surface area contributed by atoms with Crippen LogP contribution < -0.4 is 9.64 Å². The zero-order valence-electron chi connectivity index (χ0n) is 15.5. The van der Waals surface area contributed by atoms with Gasteiger partial charge in [-0.25, -0.2) is 4.98 Å². The molecule has 154 valence electrons. The topological polar surface area (TPSA) is 48.8 Å². The molecule has 3 aromatic rings. The van der Waals surface area contributed by atoms with E-state index in [0.717, 1.165) is 46.5 Å². The number of rotatable bonds is 6. The van der Waals surface area contributed by atoms with Crippen molar-refractivity contribution in [1.82, 2.24) is 9.88 Å². The van der Waals surface area contributed by atoms with E-state index in [-0.39, 0.29) is 6.61 Å². The van der Waals surface area contributed by atoms with Crippen molar-refractivity contribution in [2.24, 2.45) is 0 Å². The molecule has 0 spiro atoms. The highest BCUT2D eigenvalue weighted by molar-refractivity contribution is 7.22. The number of aromatic nitrogens is 1. The average Bonchev–Trinajstić information content (AvgIpc) is 3.12. The van der Waals surface area contributed by atoms with Crippen LogP contribution in [0.1, 0.15) is 0 Å². The highest BCUT2D eigenvalue weighted by Gasteiger charge is 2.22. The van der Waals surface area contributed by atoms with Crippen molar-refractivity contribution >= 4 is 61.5 Å². The molecule has 0 bridgehead atoms. The third-order valence-electron chi connectivity index (χ3n) is 4.78. The fraction of sp³-hybridized carbons (Fsp3) is 0.350. The molecule has 1 N–H and O–H groups in total. The minimum atomic E-state index is -0.583. The first-order chi connectivity index (χ1) is 14.0. The second-order valence-corrected chi connectivity index (χ2v) is 9.20. The molecule has 0 aliphatic carbocycles. The number of hydrogen-bond acceptors (Lipinski definition) is 6. The molecule has 2 heterocycles. The summed E-state index contributed by atoms with van der Waals surface area (Å²) in [6.07, 6.45) is -0.583. The molecule has 0 saturated carbocycles. The van der Waals surface area contributed by atoms with Crippen LogP contribution in [0.5, 0.6) is 5.75 Å². The number of piperazine rings is 1. The zero-order chi connectivity index (χ0) is 20.4. The number of halogens is 3. The lowest BCUT2D eigenvalue weighted by Gasteiger charge is -2.35. The molecule has 1 atom stereocenters. The van der Waals surface area contributed by atoms with E-state index in [1.165, 1.54) is 0 Å². The smallest absolute Gasteiger partial charge is 0.186 e. The number of fused-ring (bicyclic) bond motifs is 1. The molecule has 29 heavy (non-hydrogen) atoms. The normalized spacial score (nSPS) is 16.3. The summed E-state index contributed by atoms with van der Waals surface area (Å²) < 4.78 is 6.73. The van der Waals surface area contributed by atoms with E-state index < -0.39 is 6.10 Å². The van der Waals surface area contributed by atoms with Gasteiger partial charge in [0.15, 0.2) is 5.13 Å². The maximum absolute atomic E-state index is 10.3. The van der Waals surface area contributed by atoms with Gasteiger partial charge in [-0.2, -0.15) is 0 Å². The van der Waals surface area contributed by atoms with Gasteiger partial charge in [0.25, 0.3) is 0 Å². The summed E-state index contributed by atoms with van der Waals surface area (Å²) >= 11 is 19.6. The number of anilines is 1. The molecule has 1 aliphatic heterocycles. The minimum absolute atomic E-state index is 0.205. The summed E-state index contributed by atoms with van der Waals surface area (Å²) in [6.45, 7) is 4.23. The second kappa shape index (κ2) is 9.25. The Labute approximate surface area is 188 Å². The van der Waals surface area contributed by atoms with Gasteiger partial charge < -0.3 is 14.7 Å². The van der Waals surface area contributed by atoms with Gasteiger partial charge in [-0.15, -0.1) is 0 Å². The maximum atomic E-state index is 10.3. The van der Waals surface area contributed by atoms with Crippen molar-refractivity contribution in [2.75, 3.05) is 44.2 Å². The predicted molar refractivity (Wildman–Crippen MR) is 121 cm³/mol. The molecule has 1 aromatic heterocycles. The number of aliphatic hydroxyl groups excluding tert-OH is 1. The van der Waals surface area contributed by atoms with Crippen molar-refractivity contribution in [3.8, 4) is 5.75 Å². The molecule has 4 rings (SSSR count). The highest BCUT2D eigenvalue weighted by Crippen LogP contribution is 2.31. The fourth-order valence-electron chi connectivity index (χ4n) is 3.25. The van der Waals surface area contributed by atoms with Gasteiger partial charge in [0, 0.05) is 43.8 Å². The predicted octanol–water partition coefficient (Wildman–Crippen LogP) is 4.82. The third-order valence-corrected chi connectivity index (χ3v) is 6.84. The average molecular weight is 473 g/mol. The molecule has 1 fully saturated rings. The second-order valence-electron chi connectivity index (χ2n) is 6.94. The number of thiazole rings is 1. The summed E-state index contributed by atoms with van der Waals surface area (Å²) in [7, 11) is 0. The van der Waals surface area contributed by atoms with Crippen LogP contribution in [-0.2, 0) is 0 Å². The molecule has 1 aliphatic rings. The van der Waals surface area contributed by atoms with Crippen molar-refractivity contribution in [2.45, 2.75) is 6.10 Å². The van der Waals surface area contributed by atoms with E-state index in [4.69, 9.17) is 44.5 Å². The van der Waals surface area contributed by atoms with Gasteiger partial charge in [0.2, 0.25) is 0 Å². The molecule has 2 aromatic carbocycles. The van der Waals surface area contributed by atoms with Crippen LogP contribution in [0.15, 0.2) is 36.4 Å². The Morgan fingerprint density at radius 3 is 2.59 bits per heavy atom. The number of hydrogen-bond donors (Lipinski definition) is 1. The molecule has 9 heteroatoms. The first-order valence-corrected chi connectivity index (χ1v) is 11.2. The largest absolute Gasteiger partial charge is 0.491 e. The zero-order valence-corrected chi connectivity index (χ0v) is 18.6. The van der Waals surface area contributed by atoms with Crippen LogP contribution in [0.2, 0.25) is 15.1 Å². The van der Waals surface area contributed by atoms with E-state index in [1.54, 1.807) is 29.5 Å². The standard InChI is InChI=1S/C20H20Cl3N3O2S/c21-13-1-4-18-19(9-13)29-20(24-18)26-7-5-25(6-8-26)11-14(27)12-28-15-2-3-16(22)17(23)10-15/h1-4,9-10,14,27H,5-8,11-12H2/t14-/m0/s1. The van der Waals surface area contributed by atoms with Crippen LogP contribution in [0.4, 0.5) is 5.13 Å².